The first-order valence-corrected chi connectivity index (χ1v) is 13.3. The molecule has 10 heteroatoms. The minimum absolute atomic E-state index is 0.0402. The first-order valence-electron chi connectivity index (χ1n) is 11.6. The van der Waals surface area contributed by atoms with E-state index in [9.17, 15) is 18.0 Å². The molecule has 1 aromatic carbocycles. The summed E-state index contributed by atoms with van der Waals surface area (Å²) in [5.74, 6) is -0.0462. The van der Waals surface area contributed by atoms with E-state index in [1.54, 1.807) is 11.0 Å². The van der Waals surface area contributed by atoms with Crippen LogP contribution < -0.4 is 14.9 Å². The van der Waals surface area contributed by atoms with E-state index in [1.165, 1.54) is 22.0 Å². The molecule has 0 saturated carbocycles. The van der Waals surface area contributed by atoms with Gasteiger partial charge in [0, 0.05) is 38.9 Å². The number of benzene rings is 1. The van der Waals surface area contributed by atoms with Gasteiger partial charge in [0.25, 0.3) is 5.91 Å². The highest BCUT2D eigenvalue weighted by Crippen LogP contribution is 2.27. The smallest absolute Gasteiger partial charge is 0.254 e. The second kappa shape index (κ2) is 9.61. The van der Waals surface area contributed by atoms with Crippen LogP contribution in [0.1, 0.15) is 51.6 Å². The Bertz CT molecular complexity index is 1210. The molecule has 0 atom stereocenters. The van der Waals surface area contributed by atoms with Crippen molar-refractivity contribution in [2.45, 2.75) is 33.1 Å². The van der Waals surface area contributed by atoms with Crippen molar-refractivity contribution in [3.8, 4) is 0 Å². The Balaban J connectivity index is 1.51. The van der Waals surface area contributed by atoms with Crippen molar-refractivity contribution >= 4 is 33.3 Å². The number of carbonyl (C=O) groups is 2. The molecule has 3 heterocycles. The molecule has 34 heavy (non-hydrogen) atoms. The third kappa shape index (κ3) is 4.72. The first-order chi connectivity index (χ1) is 16.2. The fourth-order valence-electron chi connectivity index (χ4n) is 4.60. The number of rotatable bonds is 5. The van der Waals surface area contributed by atoms with Crippen LogP contribution in [0.4, 0.5) is 11.5 Å². The van der Waals surface area contributed by atoms with E-state index in [1.807, 2.05) is 13.1 Å². The minimum Gasteiger partial charge on any atom is -0.366 e. The Morgan fingerprint density at radius 3 is 2.38 bits per heavy atom. The normalized spacial score (nSPS) is 18.1. The van der Waals surface area contributed by atoms with Gasteiger partial charge >= 0.3 is 0 Å². The molecule has 0 aliphatic carbocycles. The number of amides is 2. The third-order valence-electron chi connectivity index (χ3n) is 6.52. The van der Waals surface area contributed by atoms with E-state index in [0.29, 0.717) is 44.8 Å². The molecular formula is C24H31N5O4S. The van der Waals surface area contributed by atoms with Gasteiger partial charge in [0.2, 0.25) is 15.9 Å². The van der Waals surface area contributed by atoms with Gasteiger partial charge in [-0.2, -0.15) is 0 Å². The number of hydrogen-bond donors (Lipinski definition) is 1. The van der Waals surface area contributed by atoms with Crippen LogP contribution in [-0.2, 0) is 16.4 Å². The summed E-state index contributed by atoms with van der Waals surface area (Å²) in [4.78, 5) is 34.0. The predicted octanol–water partition coefficient (Wildman–Crippen LogP) is 1.94. The molecule has 0 spiro atoms. The molecule has 4 rings (SSSR count). The first kappa shape index (κ1) is 24.0. The molecule has 2 aliphatic heterocycles. The van der Waals surface area contributed by atoms with Crippen LogP contribution in [0.25, 0.3) is 0 Å². The fourth-order valence-corrected chi connectivity index (χ4v) is 6.23. The molecule has 0 radical (unpaired) electrons. The number of pyridine rings is 1. The maximum atomic E-state index is 13.3. The number of aryl methyl sites for hydroxylation is 2. The van der Waals surface area contributed by atoms with Gasteiger partial charge in [0.1, 0.15) is 5.82 Å². The second-order valence-electron chi connectivity index (χ2n) is 8.81. The van der Waals surface area contributed by atoms with Crippen LogP contribution in [-0.4, -0.2) is 68.6 Å². The standard InChI is InChI=1S/C24H31N5O4S/c1-3-18-14-17(2)23(26-16-18)27-9-11-28(12-10-27)24(31)20-7-6-19(15-21(20)22(25)30)29-8-4-5-13-34(29,32)33/h6-7,14-16H,3-5,8-13H2,1-2H3,(H2,25,30). The summed E-state index contributed by atoms with van der Waals surface area (Å²) in [5.41, 5.74) is 8.49. The number of sulfonamides is 1. The summed E-state index contributed by atoms with van der Waals surface area (Å²) in [7, 11) is -3.44. The van der Waals surface area contributed by atoms with Gasteiger partial charge in [0.15, 0.2) is 0 Å². The Morgan fingerprint density at radius 2 is 1.76 bits per heavy atom. The van der Waals surface area contributed by atoms with Gasteiger partial charge in [-0.15, -0.1) is 0 Å². The third-order valence-corrected chi connectivity index (χ3v) is 8.39. The zero-order valence-electron chi connectivity index (χ0n) is 19.7. The molecule has 2 fully saturated rings. The van der Waals surface area contributed by atoms with Crippen LogP contribution >= 0.6 is 0 Å². The number of piperazine rings is 1. The lowest BCUT2D eigenvalue weighted by atomic mass is 10.0. The average molecular weight is 486 g/mol. The number of carbonyl (C=O) groups excluding carboxylic acids is 2. The van der Waals surface area contributed by atoms with Crippen molar-refractivity contribution in [3.63, 3.8) is 0 Å². The largest absolute Gasteiger partial charge is 0.366 e. The molecule has 182 valence electrons. The lowest BCUT2D eigenvalue weighted by molar-refractivity contribution is 0.0741. The van der Waals surface area contributed by atoms with Crippen molar-refractivity contribution in [3.05, 3.63) is 52.7 Å². The van der Waals surface area contributed by atoms with Crippen molar-refractivity contribution in [2.24, 2.45) is 5.73 Å². The fraction of sp³-hybridized carbons (Fsp3) is 0.458. The number of primary amides is 1. The maximum Gasteiger partial charge on any atom is 0.254 e. The molecule has 9 nitrogen and oxygen atoms in total. The maximum absolute atomic E-state index is 13.3. The second-order valence-corrected chi connectivity index (χ2v) is 10.8. The summed E-state index contributed by atoms with van der Waals surface area (Å²) < 4.78 is 26.2. The van der Waals surface area contributed by atoms with E-state index in [0.717, 1.165) is 24.2 Å². The van der Waals surface area contributed by atoms with E-state index in [4.69, 9.17) is 5.73 Å². The molecular weight excluding hydrogens is 454 g/mol. The molecule has 2 aromatic rings. The molecule has 2 saturated heterocycles. The van der Waals surface area contributed by atoms with Gasteiger partial charge in [-0.05, 0) is 55.5 Å². The summed E-state index contributed by atoms with van der Waals surface area (Å²) >= 11 is 0. The molecule has 0 unspecified atom stereocenters. The van der Waals surface area contributed by atoms with Crippen molar-refractivity contribution in [1.29, 1.82) is 0 Å². The van der Waals surface area contributed by atoms with Gasteiger partial charge < -0.3 is 15.5 Å². The van der Waals surface area contributed by atoms with E-state index in [2.05, 4.69) is 22.9 Å². The molecule has 1 aromatic heterocycles. The van der Waals surface area contributed by atoms with Crippen molar-refractivity contribution in [2.75, 3.05) is 47.7 Å². The molecule has 2 N–H and O–H groups in total. The lowest BCUT2D eigenvalue weighted by Crippen LogP contribution is -2.49. The van der Waals surface area contributed by atoms with Gasteiger partial charge in [-0.1, -0.05) is 13.0 Å². The van der Waals surface area contributed by atoms with Crippen LogP contribution in [0, 0.1) is 6.92 Å². The van der Waals surface area contributed by atoms with E-state index >= 15 is 0 Å². The zero-order chi connectivity index (χ0) is 24.5. The summed E-state index contributed by atoms with van der Waals surface area (Å²) in [6, 6.07) is 6.67. The summed E-state index contributed by atoms with van der Waals surface area (Å²) in [6.45, 7) is 6.71. The minimum atomic E-state index is -3.44. The van der Waals surface area contributed by atoms with Crippen LogP contribution in [0.15, 0.2) is 30.5 Å². The van der Waals surface area contributed by atoms with E-state index in [-0.39, 0.29) is 22.8 Å². The lowest BCUT2D eigenvalue weighted by Gasteiger charge is -2.36. The van der Waals surface area contributed by atoms with Gasteiger partial charge in [-0.25, -0.2) is 13.4 Å². The summed E-state index contributed by atoms with van der Waals surface area (Å²) in [5, 5.41) is 0. The topological polar surface area (TPSA) is 117 Å². The molecule has 2 aliphatic rings. The quantitative estimate of drug-likeness (QED) is 0.692. The number of nitrogens with two attached hydrogens (primary N) is 1. The molecule has 0 bridgehead atoms. The Morgan fingerprint density at radius 1 is 1.03 bits per heavy atom. The van der Waals surface area contributed by atoms with E-state index < -0.39 is 15.9 Å². The predicted molar refractivity (Wildman–Crippen MR) is 132 cm³/mol. The average Bonchev–Trinajstić information content (AvgIpc) is 2.83. The van der Waals surface area contributed by atoms with Crippen LogP contribution in [0.3, 0.4) is 0 Å². The number of hydrogen-bond acceptors (Lipinski definition) is 6. The monoisotopic (exact) mass is 485 g/mol. The Hall–Kier alpha value is -3.14. The highest BCUT2D eigenvalue weighted by atomic mass is 32.2. The number of aromatic nitrogens is 1. The SMILES string of the molecule is CCc1cnc(N2CCN(C(=O)c3ccc(N4CCCCS4(=O)=O)cc3C(N)=O)CC2)c(C)c1. The summed E-state index contributed by atoms with van der Waals surface area (Å²) in [6.07, 6.45) is 4.18. The zero-order valence-corrected chi connectivity index (χ0v) is 20.5. The van der Waals surface area contributed by atoms with Crippen LogP contribution in [0.5, 0.6) is 0 Å². The number of anilines is 2. The number of nitrogens with zero attached hydrogens (tertiary/aromatic N) is 4. The van der Waals surface area contributed by atoms with Gasteiger partial charge in [-0.3, -0.25) is 13.9 Å². The van der Waals surface area contributed by atoms with Gasteiger partial charge in [0.05, 0.1) is 22.6 Å². The Labute approximate surface area is 200 Å². The highest BCUT2D eigenvalue weighted by molar-refractivity contribution is 7.92. The van der Waals surface area contributed by atoms with Crippen LogP contribution in [0.2, 0.25) is 0 Å². The van der Waals surface area contributed by atoms with Crippen molar-refractivity contribution < 1.29 is 18.0 Å². The van der Waals surface area contributed by atoms with Crippen molar-refractivity contribution in [1.82, 2.24) is 9.88 Å². The highest BCUT2D eigenvalue weighted by Gasteiger charge is 2.30. The Kier molecular flexibility index (Phi) is 6.79. The molecule has 2 amide bonds.